The van der Waals surface area contributed by atoms with Gasteiger partial charge in [-0.2, -0.15) is 0 Å². The van der Waals surface area contributed by atoms with Gasteiger partial charge in [0, 0.05) is 18.7 Å². The first kappa shape index (κ1) is 19.2. The number of carbonyl (C=O) groups is 1. The summed E-state index contributed by atoms with van der Waals surface area (Å²) in [6, 6.07) is 18.1. The van der Waals surface area contributed by atoms with Gasteiger partial charge in [-0.25, -0.2) is 0 Å². The molecule has 3 rings (SSSR count). The number of carbonyl (C=O) groups excluding carboxylic acids is 1. The molecule has 1 atom stereocenters. The lowest BCUT2D eigenvalue weighted by atomic mass is 10.1. The van der Waals surface area contributed by atoms with Gasteiger partial charge in [-0.15, -0.1) is 10.2 Å². The van der Waals surface area contributed by atoms with Crippen LogP contribution in [0.5, 0.6) is 0 Å². The number of hydrogen-bond acceptors (Lipinski definition) is 4. The normalized spacial score (nSPS) is 12.0. The van der Waals surface area contributed by atoms with Crippen LogP contribution in [0.4, 0.5) is 0 Å². The lowest BCUT2D eigenvalue weighted by Gasteiger charge is -2.13. The molecule has 2 aromatic carbocycles. The number of amides is 1. The highest BCUT2D eigenvalue weighted by Gasteiger charge is 2.20. The third-order valence-electron chi connectivity index (χ3n) is 4.27. The van der Waals surface area contributed by atoms with Crippen molar-refractivity contribution in [1.82, 2.24) is 20.1 Å². The molecule has 1 heterocycles. The van der Waals surface area contributed by atoms with E-state index in [0.717, 1.165) is 28.7 Å². The molecule has 27 heavy (non-hydrogen) atoms. The van der Waals surface area contributed by atoms with Gasteiger partial charge in [0.05, 0.1) is 5.25 Å². The highest BCUT2D eigenvalue weighted by molar-refractivity contribution is 8.00. The van der Waals surface area contributed by atoms with Gasteiger partial charge in [0.2, 0.25) is 5.91 Å². The Morgan fingerprint density at radius 3 is 2.63 bits per heavy atom. The van der Waals surface area contributed by atoms with E-state index in [4.69, 9.17) is 0 Å². The number of nitrogens with one attached hydrogen (secondary N) is 1. The smallest absolute Gasteiger partial charge is 0.233 e. The molecular formula is C21H24N4OS. The highest BCUT2D eigenvalue weighted by Crippen LogP contribution is 2.27. The molecule has 1 unspecified atom stereocenters. The van der Waals surface area contributed by atoms with E-state index in [2.05, 4.69) is 46.1 Å². The van der Waals surface area contributed by atoms with Crippen LogP contribution < -0.4 is 5.32 Å². The summed E-state index contributed by atoms with van der Waals surface area (Å²) in [7, 11) is 0. The van der Waals surface area contributed by atoms with E-state index in [1.165, 1.54) is 17.3 Å². The number of aryl methyl sites for hydroxylation is 1. The van der Waals surface area contributed by atoms with Crippen molar-refractivity contribution in [3.8, 4) is 11.4 Å². The minimum absolute atomic E-state index is 0.00777. The number of thioether (sulfide) groups is 1. The molecule has 0 bridgehead atoms. The zero-order chi connectivity index (χ0) is 19.2. The lowest BCUT2D eigenvalue weighted by Crippen LogP contribution is -2.30. The predicted octanol–water partition coefficient (Wildman–Crippen LogP) is 4.07. The van der Waals surface area contributed by atoms with Gasteiger partial charge < -0.3 is 9.88 Å². The summed E-state index contributed by atoms with van der Waals surface area (Å²) in [5.74, 6) is 0.826. The molecule has 0 spiro atoms. The largest absolute Gasteiger partial charge is 0.351 e. The molecule has 0 fully saturated rings. The van der Waals surface area contributed by atoms with Gasteiger partial charge in [-0.1, -0.05) is 65.9 Å². The van der Waals surface area contributed by atoms with Crippen molar-refractivity contribution in [3.05, 3.63) is 65.7 Å². The summed E-state index contributed by atoms with van der Waals surface area (Å²) in [6.07, 6.45) is 0. The van der Waals surface area contributed by atoms with Crippen molar-refractivity contribution in [3.63, 3.8) is 0 Å². The quantitative estimate of drug-likeness (QED) is 0.628. The van der Waals surface area contributed by atoms with Crippen LogP contribution in [-0.4, -0.2) is 25.9 Å². The van der Waals surface area contributed by atoms with E-state index in [1.807, 2.05) is 49.4 Å². The molecule has 1 aromatic heterocycles. The lowest BCUT2D eigenvalue weighted by molar-refractivity contribution is -0.120. The van der Waals surface area contributed by atoms with Crippen LogP contribution in [0.25, 0.3) is 11.4 Å². The molecule has 1 amide bonds. The van der Waals surface area contributed by atoms with E-state index in [1.54, 1.807) is 0 Å². The zero-order valence-electron chi connectivity index (χ0n) is 15.8. The van der Waals surface area contributed by atoms with E-state index in [0.29, 0.717) is 6.54 Å². The van der Waals surface area contributed by atoms with Gasteiger partial charge in [0.1, 0.15) is 0 Å². The summed E-state index contributed by atoms with van der Waals surface area (Å²) in [5.41, 5.74) is 3.31. The Balaban J connectivity index is 1.68. The Kier molecular flexibility index (Phi) is 6.29. The summed E-state index contributed by atoms with van der Waals surface area (Å²) < 4.78 is 2.06. The van der Waals surface area contributed by atoms with Crippen molar-refractivity contribution in [2.45, 2.75) is 44.3 Å². The molecular weight excluding hydrogens is 356 g/mol. The molecule has 0 aliphatic heterocycles. The fraction of sp³-hybridized carbons (Fsp3) is 0.286. The molecule has 0 saturated carbocycles. The molecule has 6 heteroatoms. The van der Waals surface area contributed by atoms with Gasteiger partial charge >= 0.3 is 0 Å². The second kappa shape index (κ2) is 8.86. The van der Waals surface area contributed by atoms with E-state index < -0.39 is 0 Å². The molecule has 0 aliphatic rings. The summed E-state index contributed by atoms with van der Waals surface area (Å²) >= 11 is 1.44. The van der Waals surface area contributed by atoms with Gasteiger partial charge in [-0.05, 0) is 32.4 Å². The molecule has 0 radical (unpaired) electrons. The van der Waals surface area contributed by atoms with Crippen LogP contribution in [0.2, 0.25) is 0 Å². The fourth-order valence-electron chi connectivity index (χ4n) is 2.80. The predicted molar refractivity (Wildman–Crippen MR) is 109 cm³/mol. The van der Waals surface area contributed by atoms with E-state index >= 15 is 0 Å². The Bertz CT molecular complexity index is 908. The van der Waals surface area contributed by atoms with Crippen molar-refractivity contribution in [2.75, 3.05) is 0 Å². The molecule has 5 nitrogen and oxygen atoms in total. The first-order chi connectivity index (χ1) is 13.1. The third kappa shape index (κ3) is 4.77. The van der Waals surface area contributed by atoms with Crippen molar-refractivity contribution < 1.29 is 4.79 Å². The maximum absolute atomic E-state index is 12.5. The van der Waals surface area contributed by atoms with Gasteiger partial charge in [0.15, 0.2) is 11.0 Å². The van der Waals surface area contributed by atoms with Crippen LogP contribution in [0, 0.1) is 6.92 Å². The minimum Gasteiger partial charge on any atom is -0.351 e. The number of rotatable bonds is 7. The summed E-state index contributed by atoms with van der Waals surface area (Å²) in [4.78, 5) is 12.5. The topological polar surface area (TPSA) is 59.8 Å². The van der Waals surface area contributed by atoms with E-state index in [9.17, 15) is 4.79 Å². The molecule has 0 saturated heterocycles. The highest BCUT2D eigenvalue weighted by atomic mass is 32.2. The molecule has 1 N–H and O–H groups in total. The van der Waals surface area contributed by atoms with Crippen molar-refractivity contribution in [2.24, 2.45) is 0 Å². The number of aromatic nitrogens is 3. The van der Waals surface area contributed by atoms with E-state index in [-0.39, 0.29) is 11.2 Å². The second-order valence-corrected chi connectivity index (χ2v) is 7.69. The average Bonchev–Trinajstić information content (AvgIpc) is 3.09. The van der Waals surface area contributed by atoms with Crippen LogP contribution >= 0.6 is 11.8 Å². The van der Waals surface area contributed by atoms with Crippen molar-refractivity contribution >= 4 is 17.7 Å². The van der Waals surface area contributed by atoms with Crippen LogP contribution in [0.1, 0.15) is 25.0 Å². The van der Waals surface area contributed by atoms with Crippen LogP contribution in [0.15, 0.2) is 59.8 Å². The Morgan fingerprint density at radius 2 is 1.93 bits per heavy atom. The first-order valence-electron chi connectivity index (χ1n) is 9.07. The first-order valence-corrected chi connectivity index (χ1v) is 9.95. The standard InChI is InChI=1S/C21H24N4OS/c1-4-25-19(18-12-8-9-15(2)13-18)23-24-21(25)27-16(3)20(26)22-14-17-10-6-5-7-11-17/h5-13,16H,4,14H2,1-3H3,(H,22,26). The van der Waals surface area contributed by atoms with Crippen LogP contribution in [-0.2, 0) is 17.9 Å². The van der Waals surface area contributed by atoms with Crippen LogP contribution in [0.3, 0.4) is 0 Å². The van der Waals surface area contributed by atoms with Gasteiger partial charge in [0.25, 0.3) is 0 Å². The fourth-order valence-corrected chi connectivity index (χ4v) is 3.74. The summed E-state index contributed by atoms with van der Waals surface area (Å²) in [5, 5.41) is 12.2. The Morgan fingerprint density at radius 1 is 1.15 bits per heavy atom. The Labute approximate surface area is 164 Å². The average molecular weight is 381 g/mol. The Hall–Kier alpha value is -2.60. The second-order valence-electron chi connectivity index (χ2n) is 6.38. The molecule has 3 aromatic rings. The SMILES string of the molecule is CCn1c(SC(C)C(=O)NCc2ccccc2)nnc1-c1cccc(C)c1. The zero-order valence-corrected chi connectivity index (χ0v) is 16.7. The minimum atomic E-state index is -0.256. The maximum Gasteiger partial charge on any atom is 0.233 e. The number of benzene rings is 2. The molecule has 0 aliphatic carbocycles. The van der Waals surface area contributed by atoms with Gasteiger partial charge in [-0.3, -0.25) is 4.79 Å². The maximum atomic E-state index is 12.5. The number of nitrogens with zero attached hydrogens (tertiary/aromatic N) is 3. The van der Waals surface area contributed by atoms with Crippen molar-refractivity contribution in [1.29, 1.82) is 0 Å². The third-order valence-corrected chi connectivity index (χ3v) is 5.35. The summed E-state index contributed by atoms with van der Waals surface area (Å²) in [6.45, 7) is 7.29. The number of hydrogen-bond donors (Lipinski definition) is 1. The monoisotopic (exact) mass is 380 g/mol. The molecule has 140 valence electrons.